The van der Waals surface area contributed by atoms with Gasteiger partial charge in [0.15, 0.2) is 0 Å². The normalized spacial score (nSPS) is 13.7. The fourth-order valence-electron chi connectivity index (χ4n) is 3.94. The molecule has 4 N–H and O–H groups in total. The minimum Gasteiger partial charge on any atom is -0.478 e. The number of aromatic carboxylic acids is 1. The number of carbonyl (C=O) groups is 3. The second-order valence-electron chi connectivity index (χ2n) is 8.87. The van der Waals surface area contributed by atoms with Crippen LogP contribution in [0.15, 0.2) is 66.7 Å². The van der Waals surface area contributed by atoms with E-state index in [1.807, 2.05) is 49.3 Å². The first-order valence-electron chi connectivity index (χ1n) is 11.7. The summed E-state index contributed by atoms with van der Waals surface area (Å²) in [7, 11) is 3.83. The van der Waals surface area contributed by atoms with Crippen molar-refractivity contribution in [1.29, 1.82) is 0 Å². The van der Waals surface area contributed by atoms with Crippen molar-refractivity contribution in [2.45, 2.75) is 6.92 Å². The van der Waals surface area contributed by atoms with Gasteiger partial charge < -0.3 is 20.6 Å². The van der Waals surface area contributed by atoms with Crippen LogP contribution in [0.4, 0.5) is 11.4 Å². The monoisotopic (exact) mass is 500 g/mol. The number of amides is 2. The molecule has 0 aliphatic carbocycles. The number of nitrogens with zero attached hydrogens (tertiary/aromatic N) is 1. The van der Waals surface area contributed by atoms with E-state index in [2.05, 4.69) is 16.1 Å². The van der Waals surface area contributed by atoms with Crippen molar-refractivity contribution in [3.63, 3.8) is 0 Å². The summed E-state index contributed by atoms with van der Waals surface area (Å²) >= 11 is 0. The van der Waals surface area contributed by atoms with E-state index in [4.69, 9.17) is 4.84 Å². The maximum atomic E-state index is 13.1. The number of aryl methyl sites for hydroxylation is 1. The molecule has 3 aromatic rings. The number of carboxylic acid groups (broad SMARTS) is 1. The number of hydrogen-bond acceptors (Lipinski definition) is 6. The first-order chi connectivity index (χ1) is 17.7. The van der Waals surface area contributed by atoms with Crippen molar-refractivity contribution in [3.8, 4) is 0 Å². The number of benzene rings is 3. The van der Waals surface area contributed by atoms with Gasteiger partial charge in [-0.1, -0.05) is 30.3 Å². The Morgan fingerprint density at radius 2 is 1.70 bits per heavy atom. The molecule has 4 rings (SSSR count). The lowest BCUT2D eigenvalue weighted by molar-refractivity contribution is -0.110. The molecule has 0 aromatic heterocycles. The van der Waals surface area contributed by atoms with E-state index >= 15 is 0 Å². The summed E-state index contributed by atoms with van der Waals surface area (Å²) in [6.07, 6.45) is 0. The number of likely N-dealkylation sites (N-methyl/N-ethyl adjacent to an activating group) is 1. The third-order valence-electron chi connectivity index (χ3n) is 5.87. The predicted molar refractivity (Wildman–Crippen MR) is 142 cm³/mol. The van der Waals surface area contributed by atoms with Gasteiger partial charge in [0.05, 0.1) is 29.1 Å². The second kappa shape index (κ2) is 11.1. The number of fused-ring (bicyclic) bond motifs is 1. The van der Waals surface area contributed by atoms with Crippen LogP contribution in [-0.2, 0) is 9.63 Å². The maximum Gasteiger partial charge on any atom is 0.336 e. The Hall–Kier alpha value is -4.47. The minimum absolute atomic E-state index is 0.133. The van der Waals surface area contributed by atoms with E-state index in [1.165, 1.54) is 6.07 Å². The van der Waals surface area contributed by atoms with Gasteiger partial charge in [-0.2, -0.15) is 0 Å². The SMILES string of the molecule is Cc1cc2c(cc1C(=O)O)NC(=O)/C2=C(/Nc1ccc(C(=O)NOCCN(C)C)cc1)c1ccccc1. The Bertz CT molecular complexity index is 1370. The van der Waals surface area contributed by atoms with Gasteiger partial charge in [0.2, 0.25) is 0 Å². The van der Waals surface area contributed by atoms with Crippen LogP contribution in [0.5, 0.6) is 0 Å². The van der Waals surface area contributed by atoms with Crippen LogP contribution in [-0.4, -0.2) is 55.0 Å². The molecule has 9 nitrogen and oxygen atoms in total. The van der Waals surface area contributed by atoms with Gasteiger partial charge in [-0.15, -0.1) is 0 Å². The highest BCUT2D eigenvalue weighted by molar-refractivity contribution is 6.37. The quantitative estimate of drug-likeness (QED) is 0.200. The molecule has 9 heteroatoms. The van der Waals surface area contributed by atoms with Crippen LogP contribution in [0.2, 0.25) is 0 Å². The van der Waals surface area contributed by atoms with Crippen LogP contribution in [0.1, 0.15) is 37.4 Å². The summed E-state index contributed by atoms with van der Waals surface area (Å²) in [6, 6.07) is 19.4. The molecule has 0 saturated carbocycles. The van der Waals surface area contributed by atoms with Crippen molar-refractivity contribution in [1.82, 2.24) is 10.4 Å². The molecule has 37 heavy (non-hydrogen) atoms. The lowest BCUT2D eigenvalue weighted by Gasteiger charge is -2.15. The molecular formula is C28H28N4O5. The molecule has 0 radical (unpaired) electrons. The van der Waals surface area contributed by atoms with Crippen LogP contribution >= 0.6 is 0 Å². The fraction of sp³-hybridized carbons (Fsp3) is 0.179. The highest BCUT2D eigenvalue weighted by atomic mass is 16.6. The van der Waals surface area contributed by atoms with E-state index in [-0.39, 0.29) is 17.4 Å². The molecule has 0 saturated heterocycles. The predicted octanol–water partition coefficient (Wildman–Crippen LogP) is 3.85. The van der Waals surface area contributed by atoms with E-state index in [0.717, 1.165) is 5.56 Å². The molecule has 0 unspecified atom stereocenters. The molecule has 1 aliphatic heterocycles. The number of hydrogen-bond donors (Lipinski definition) is 4. The maximum absolute atomic E-state index is 13.1. The van der Waals surface area contributed by atoms with Crippen molar-refractivity contribution < 1.29 is 24.3 Å². The van der Waals surface area contributed by atoms with Gasteiger partial charge in [0.1, 0.15) is 0 Å². The molecule has 0 bridgehead atoms. The smallest absolute Gasteiger partial charge is 0.336 e. The zero-order valence-electron chi connectivity index (χ0n) is 20.8. The molecule has 0 spiro atoms. The molecule has 2 amide bonds. The van der Waals surface area contributed by atoms with Gasteiger partial charge in [0.25, 0.3) is 11.8 Å². The molecule has 0 fully saturated rings. The molecule has 1 heterocycles. The largest absolute Gasteiger partial charge is 0.478 e. The average Bonchev–Trinajstić information content (AvgIpc) is 3.19. The topological polar surface area (TPSA) is 120 Å². The first kappa shape index (κ1) is 25.6. The van der Waals surface area contributed by atoms with Crippen molar-refractivity contribution in [2.24, 2.45) is 0 Å². The van der Waals surface area contributed by atoms with Crippen LogP contribution in [0.25, 0.3) is 11.3 Å². The number of carboxylic acids is 1. The van der Waals surface area contributed by atoms with Gasteiger partial charge in [-0.05, 0) is 68.5 Å². The molecule has 0 atom stereocenters. The van der Waals surface area contributed by atoms with Crippen molar-refractivity contribution >= 4 is 40.4 Å². The lowest BCUT2D eigenvalue weighted by Crippen LogP contribution is -2.28. The Kier molecular flexibility index (Phi) is 7.66. The van der Waals surface area contributed by atoms with E-state index in [1.54, 1.807) is 37.3 Å². The Labute approximate surface area is 214 Å². The van der Waals surface area contributed by atoms with Crippen molar-refractivity contribution in [3.05, 3.63) is 94.5 Å². The summed E-state index contributed by atoms with van der Waals surface area (Å²) in [6.45, 7) is 2.74. The highest BCUT2D eigenvalue weighted by Gasteiger charge is 2.30. The number of nitrogens with one attached hydrogen (secondary N) is 3. The van der Waals surface area contributed by atoms with Gasteiger partial charge in [-0.25, -0.2) is 10.3 Å². The lowest BCUT2D eigenvalue weighted by atomic mass is 9.96. The highest BCUT2D eigenvalue weighted by Crippen LogP contribution is 2.39. The third kappa shape index (κ3) is 5.85. The zero-order chi connectivity index (χ0) is 26.5. The van der Waals surface area contributed by atoms with Gasteiger partial charge in [0, 0.05) is 23.4 Å². The number of carbonyl (C=O) groups excluding carboxylic acids is 2. The Balaban J connectivity index is 1.65. The van der Waals surface area contributed by atoms with Crippen LogP contribution in [0.3, 0.4) is 0 Å². The summed E-state index contributed by atoms with van der Waals surface area (Å²) in [5, 5.41) is 15.6. The molecule has 190 valence electrons. The van der Waals surface area contributed by atoms with Crippen LogP contribution in [0, 0.1) is 6.92 Å². The minimum atomic E-state index is -1.05. The Morgan fingerprint density at radius 1 is 1.00 bits per heavy atom. The van der Waals surface area contributed by atoms with E-state index in [9.17, 15) is 19.5 Å². The second-order valence-corrected chi connectivity index (χ2v) is 8.87. The first-order valence-corrected chi connectivity index (χ1v) is 11.7. The third-order valence-corrected chi connectivity index (χ3v) is 5.87. The van der Waals surface area contributed by atoms with E-state index in [0.29, 0.717) is 52.5 Å². The number of hydroxylamine groups is 1. The van der Waals surface area contributed by atoms with E-state index < -0.39 is 5.97 Å². The summed E-state index contributed by atoms with van der Waals surface area (Å²) in [5.41, 5.74) is 6.99. The average molecular weight is 501 g/mol. The van der Waals surface area contributed by atoms with Gasteiger partial charge >= 0.3 is 5.97 Å². The van der Waals surface area contributed by atoms with Crippen LogP contribution < -0.4 is 16.1 Å². The Morgan fingerprint density at radius 3 is 2.35 bits per heavy atom. The summed E-state index contributed by atoms with van der Waals surface area (Å²) in [4.78, 5) is 44.2. The fourth-order valence-corrected chi connectivity index (χ4v) is 3.94. The van der Waals surface area contributed by atoms with Crippen molar-refractivity contribution in [2.75, 3.05) is 37.9 Å². The van der Waals surface area contributed by atoms with Gasteiger partial charge in [-0.3, -0.25) is 14.4 Å². The summed E-state index contributed by atoms with van der Waals surface area (Å²) < 4.78 is 0. The zero-order valence-corrected chi connectivity index (χ0v) is 20.8. The molecule has 1 aliphatic rings. The summed E-state index contributed by atoms with van der Waals surface area (Å²) in [5.74, 6) is -1.75. The molecule has 3 aromatic carbocycles. The molecular weight excluding hydrogens is 472 g/mol. The number of anilines is 2. The standard InChI is InChI=1S/C28H28N4O5/c1-17-15-22-23(16-21(17)28(35)36)30-27(34)24(22)25(18-7-5-4-6-8-18)29-20-11-9-19(10-12-20)26(33)31-37-14-13-32(2)3/h4-12,15-16,29H,13-14H2,1-3H3,(H,30,34)(H,31,33)(H,35,36)/b25-24+. The number of rotatable bonds is 9.